The highest BCUT2D eigenvalue weighted by molar-refractivity contribution is 5.68. The van der Waals surface area contributed by atoms with E-state index in [1.807, 2.05) is 20.8 Å². The third kappa shape index (κ3) is 5.89. The maximum Gasteiger partial charge on any atom is 0.407 e. The molecular formula is C13H19N3O2. The van der Waals surface area contributed by atoms with E-state index in [4.69, 9.17) is 10.5 Å². The van der Waals surface area contributed by atoms with Crippen LogP contribution in [0.3, 0.4) is 0 Å². The molecule has 1 heterocycles. The van der Waals surface area contributed by atoms with Gasteiger partial charge in [0.2, 0.25) is 0 Å². The van der Waals surface area contributed by atoms with Crippen molar-refractivity contribution in [2.45, 2.75) is 26.4 Å². The van der Waals surface area contributed by atoms with Crippen molar-refractivity contribution >= 4 is 17.9 Å². The number of amides is 1. The predicted molar refractivity (Wildman–Crippen MR) is 71.9 cm³/mol. The summed E-state index contributed by atoms with van der Waals surface area (Å²) in [7, 11) is 0. The molecule has 0 fully saturated rings. The second-order valence-electron chi connectivity index (χ2n) is 4.80. The zero-order valence-electron chi connectivity index (χ0n) is 10.9. The van der Waals surface area contributed by atoms with Crippen LogP contribution < -0.4 is 11.1 Å². The van der Waals surface area contributed by atoms with Gasteiger partial charge in [0.05, 0.1) is 5.69 Å². The number of carbonyl (C=O) groups is 1. The molecule has 5 nitrogen and oxygen atoms in total. The number of nitrogens with two attached hydrogens (primary N) is 1. The van der Waals surface area contributed by atoms with Crippen molar-refractivity contribution in [1.82, 2.24) is 10.3 Å². The first-order valence-electron chi connectivity index (χ1n) is 5.72. The molecule has 0 aliphatic rings. The van der Waals surface area contributed by atoms with Crippen LogP contribution in [-0.4, -0.2) is 23.2 Å². The number of nitrogens with zero attached hydrogens (tertiary/aromatic N) is 1. The minimum atomic E-state index is -0.483. The first-order valence-corrected chi connectivity index (χ1v) is 5.72. The lowest BCUT2D eigenvalue weighted by molar-refractivity contribution is 0.0534. The Morgan fingerprint density at radius 2 is 2.28 bits per heavy atom. The van der Waals surface area contributed by atoms with Gasteiger partial charge in [-0.15, -0.1) is 0 Å². The van der Waals surface area contributed by atoms with Crippen LogP contribution in [0, 0.1) is 0 Å². The van der Waals surface area contributed by atoms with Crippen molar-refractivity contribution < 1.29 is 9.53 Å². The highest BCUT2D eigenvalue weighted by Crippen LogP contribution is 2.06. The zero-order valence-corrected chi connectivity index (χ0v) is 10.9. The first kappa shape index (κ1) is 14.0. The number of anilines is 1. The molecule has 0 unspecified atom stereocenters. The molecule has 1 aromatic rings. The molecule has 3 N–H and O–H groups in total. The Morgan fingerprint density at radius 1 is 1.56 bits per heavy atom. The maximum absolute atomic E-state index is 11.3. The van der Waals surface area contributed by atoms with Crippen LogP contribution in [0.2, 0.25) is 0 Å². The Labute approximate surface area is 107 Å². The SMILES string of the molecule is CC(C)(C)OC(=O)NCC=Cc1cc(N)ccn1. The van der Waals surface area contributed by atoms with E-state index in [1.165, 1.54) is 0 Å². The molecular weight excluding hydrogens is 230 g/mol. The van der Waals surface area contributed by atoms with Crippen molar-refractivity contribution in [3.63, 3.8) is 0 Å². The molecule has 0 saturated heterocycles. The summed E-state index contributed by atoms with van der Waals surface area (Å²) in [5.74, 6) is 0. The Bertz CT molecular complexity index is 436. The topological polar surface area (TPSA) is 77.2 Å². The summed E-state index contributed by atoms with van der Waals surface area (Å²) in [6.45, 7) is 5.84. The van der Waals surface area contributed by atoms with E-state index < -0.39 is 11.7 Å². The molecule has 98 valence electrons. The molecule has 18 heavy (non-hydrogen) atoms. The number of rotatable bonds is 3. The molecule has 0 bridgehead atoms. The van der Waals surface area contributed by atoms with Gasteiger partial charge in [-0.2, -0.15) is 0 Å². The molecule has 1 aromatic heterocycles. The van der Waals surface area contributed by atoms with Crippen LogP contribution in [0.4, 0.5) is 10.5 Å². The second-order valence-corrected chi connectivity index (χ2v) is 4.80. The van der Waals surface area contributed by atoms with Gasteiger partial charge in [-0.1, -0.05) is 6.08 Å². The fourth-order valence-electron chi connectivity index (χ4n) is 1.19. The van der Waals surface area contributed by atoms with Crippen LogP contribution in [0.15, 0.2) is 24.4 Å². The van der Waals surface area contributed by atoms with Gasteiger partial charge in [-0.25, -0.2) is 4.79 Å². The molecule has 0 spiro atoms. The number of alkyl carbamates (subject to hydrolysis) is 1. The number of ether oxygens (including phenoxy) is 1. The van der Waals surface area contributed by atoms with Gasteiger partial charge in [0.1, 0.15) is 5.60 Å². The van der Waals surface area contributed by atoms with Crippen LogP contribution in [-0.2, 0) is 4.74 Å². The molecule has 0 radical (unpaired) electrons. The lowest BCUT2D eigenvalue weighted by Gasteiger charge is -2.19. The average Bonchev–Trinajstić information content (AvgIpc) is 2.22. The van der Waals surface area contributed by atoms with E-state index in [1.54, 1.807) is 30.5 Å². The van der Waals surface area contributed by atoms with Crippen LogP contribution in [0.25, 0.3) is 6.08 Å². The zero-order chi connectivity index (χ0) is 13.6. The van der Waals surface area contributed by atoms with Crippen LogP contribution in [0.5, 0.6) is 0 Å². The smallest absolute Gasteiger partial charge is 0.407 e. The first-order chi connectivity index (χ1) is 8.37. The van der Waals surface area contributed by atoms with Crippen molar-refractivity contribution in [1.29, 1.82) is 0 Å². The van der Waals surface area contributed by atoms with Crippen molar-refractivity contribution in [2.75, 3.05) is 12.3 Å². The Kier molecular flexibility index (Phi) is 4.71. The number of carbonyl (C=O) groups excluding carboxylic acids is 1. The van der Waals surface area contributed by atoms with Gasteiger partial charge in [0.15, 0.2) is 0 Å². The molecule has 1 amide bonds. The number of nitrogens with one attached hydrogen (secondary N) is 1. The molecule has 0 atom stereocenters. The summed E-state index contributed by atoms with van der Waals surface area (Å²) in [5, 5.41) is 2.62. The Hall–Kier alpha value is -2.04. The summed E-state index contributed by atoms with van der Waals surface area (Å²) < 4.78 is 5.09. The highest BCUT2D eigenvalue weighted by Gasteiger charge is 2.14. The van der Waals surface area contributed by atoms with Crippen LogP contribution >= 0.6 is 0 Å². The Morgan fingerprint density at radius 3 is 2.89 bits per heavy atom. The van der Waals surface area contributed by atoms with Gasteiger partial charge < -0.3 is 15.8 Å². The number of nitrogen functional groups attached to an aromatic ring is 1. The highest BCUT2D eigenvalue weighted by atomic mass is 16.6. The Balaban J connectivity index is 2.36. The van der Waals surface area contributed by atoms with Gasteiger partial charge in [0, 0.05) is 18.4 Å². The summed E-state index contributed by atoms with van der Waals surface area (Å²) >= 11 is 0. The predicted octanol–water partition coefficient (Wildman–Crippen LogP) is 2.20. The number of pyridine rings is 1. The molecule has 0 saturated carbocycles. The van der Waals surface area contributed by atoms with Gasteiger partial charge >= 0.3 is 6.09 Å². The third-order valence-corrected chi connectivity index (χ3v) is 1.86. The number of hydrogen-bond donors (Lipinski definition) is 2. The number of hydrogen-bond acceptors (Lipinski definition) is 4. The van der Waals surface area contributed by atoms with E-state index in [0.717, 1.165) is 5.69 Å². The summed E-state index contributed by atoms with van der Waals surface area (Å²) in [5.41, 5.74) is 6.54. The van der Waals surface area contributed by atoms with Crippen molar-refractivity contribution in [3.8, 4) is 0 Å². The fourth-order valence-corrected chi connectivity index (χ4v) is 1.19. The monoisotopic (exact) mass is 249 g/mol. The normalized spacial score (nSPS) is 11.5. The summed E-state index contributed by atoms with van der Waals surface area (Å²) in [6, 6.07) is 3.47. The maximum atomic E-state index is 11.3. The van der Waals surface area contributed by atoms with Gasteiger partial charge in [-0.3, -0.25) is 4.98 Å². The summed E-state index contributed by atoms with van der Waals surface area (Å²) in [6.07, 6.45) is 4.77. The molecule has 0 aliphatic carbocycles. The fraction of sp³-hybridized carbons (Fsp3) is 0.385. The van der Waals surface area contributed by atoms with Crippen molar-refractivity contribution in [2.24, 2.45) is 0 Å². The quantitative estimate of drug-likeness (QED) is 0.861. The van der Waals surface area contributed by atoms with E-state index in [2.05, 4.69) is 10.3 Å². The minimum absolute atomic E-state index is 0.380. The van der Waals surface area contributed by atoms with E-state index in [-0.39, 0.29) is 0 Å². The van der Waals surface area contributed by atoms with E-state index in [0.29, 0.717) is 12.2 Å². The van der Waals surface area contributed by atoms with Crippen LogP contribution in [0.1, 0.15) is 26.5 Å². The minimum Gasteiger partial charge on any atom is -0.444 e. The molecule has 0 aromatic carbocycles. The standard InChI is InChI=1S/C13H19N3O2/c1-13(2,3)18-12(17)16-7-4-5-11-9-10(14)6-8-15-11/h4-6,8-9H,7H2,1-3H3,(H2,14,15)(H,16,17). The van der Waals surface area contributed by atoms with E-state index >= 15 is 0 Å². The molecule has 1 rings (SSSR count). The largest absolute Gasteiger partial charge is 0.444 e. The average molecular weight is 249 g/mol. The third-order valence-electron chi connectivity index (χ3n) is 1.86. The van der Waals surface area contributed by atoms with Crippen molar-refractivity contribution in [3.05, 3.63) is 30.1 Å². The lowest BCUT2D eigenvalue weighted by atomic mass is 10.2. The second kappa shape index (κ2) is 6.05. The van der Waals surface area contributed by atoms with Gasteiger partial charge in [0.25, 0.3) is 0 Å². The lowest BCUT2D eigenvalue weighted by Crippen LogP contribution is -2.32. The van der Waals surface area contributed by atoms with Gasteiger partial charge in [-0.05, 0) is 39.0 Å². The number of aromatic nitrogens is 1. The summed E-state index contributed by atoms with van der Waals surface area (Å²) in [4.78, 5) is 15.4. The van der Waals surface area contributed by atoms with E-state index in [9.17, 15) is 4.79 Å². The molecule has 5 heteroatoms. The molecule has 0 aliphatic heterocycles.